The van der Waals surface area contributed by atoms with Crippen LogP contribution in [-0.2, 0) is 9.59 Å². The van der Waals surface area contributed by atoms with E-state index in [1.54, 1.807) is 4.90 Å². The number of ketones is 1. The molecule has 1 unspecified atom stereocenters. The monoisotopic (exact) mass is 209 g/mol. The van der Waals surface area contributed by atoms with Gasteiger partial charge in [-0.2, -0.15) is 0 Å². The van der Waals surface area contributed by atoms with E-state index in [0.717, 1.165) is 6.54 Å². The molecule has 2 aliphatic rings. The van der Waals surface area contributed by atoms with Gasteiger partial charge in [-0.3, -0.25) is 9.59 Å². The standard InChI is InChI=1S/C12H19NO2/c1-12(2)6-3-4-9(12)8-13-7-5-10(14)11(13)15/h9H,3-8H2,1-2H3. The van der Waals surface area contributed by atoms with Crippen LogP contribution >= 0.6 is 0 Å². The molecule has 0 aromatic rings. The maximum Gasteiger partial charge on any atom is 0.290 e. The first-order chi connectivity index (χ1) is 7.00. The lowest BCUT2D eigenvalue weighted by molar-refractivity contribution is -0.140. The topological polar surface area (TPSA) is 37.4 Å². The predicted octanol–water partition coefficient (Wildman–Crippen LogP) is 1.61. The second-order valence-corrected chi connectivity index (χ2v) is 5.50. The van der Waals surface area contributed by atoms with Crippen LogP contribution in [0.3, 0.4) is 0 Å². The fourth-order valence-electron chi connectivity index (χ4n) is 2.80. The average Bonchev–Trinajstić information content (AvgIpc) is 2.64. The molecule has 0 radical (unpaired) electrons. The van der Waals surface area contributed by atoms with Crippen molar-refractivity contribution >= 4 is 11.7 Å². The molecule has 0 bridgehead atoms. The Morgan fingerprint density at radius 2 is 2.13 bits per heavy atom. The van der Waals surface area contributed by atoms with E-state index in [0.29, 0.717) is 24.3 Å². The van der Waals surface area contributed by atoms with E-state index in [-0.39, 0.29) is 11.7 Å². The van der Waals surface area contributed by atoms with Crippen LogP contribution in [0.1, 0.15) is 39.5 Å². The molecule has 1 aliphatic carbocycles. The minimum absolute atomic E-state index is 0.203. The van der Waals surface area contributed by atoms with Crippen LogP contribution in [0.4, 0.5) is 0 Å². The average molecular weight is 209 g/mol. The van der Waals surface area contributed by atoms with Crippen molar-refractivity contribution in [2.75, 3.05) is 13.1 Å². The Bertz CT molecular complexity index is 296. The quantitative estimate of drug-likeness (QED) is 0.648. The largest absolute Gasteiger partial charge is 0.335 e. The number of nitrogens with zero attached hydrogens (tertiary/aromatic N) is 1. The Balaban J connectivity index is 1.98. The summed E-state index contributed by atoms with van der Waals surface area (Å²) in [6.45, 7) is 5.97. The first-order valence-electron chi connectivity index (χ1n) is 5.83. The van der Waals surface area contributed by atoms with Crippen LogP contribution in [0.2, 0.25) is 0 Å². The van der Waals surface area contributed by atoms with Crippen molar-refractivity contribution in [2.24, 2.45) is 11.3 Å². The van der Waals surface area contributed by atoms with Gasteiger partial charge < -0.3 is 4.90 Å². The van der Waals surface area contributed by atoms with Gasteiger partial charge in [0.2, 0.25) is 5.78 Å². The normalized spacial score (nSPS) is 30.3. The molecule has 1 amide bonds. The first kappa shape index (κ1) is 10.7. The Kier molecular flexibility index (Phi) is 2.57. The minimum atomic E-state index is -0.252. The van der Waals surface area contributed by atoms with Crippen LogP contribution in [0, 0.1) is 11.3 Å². The third kappa shape index (κ3) is 1.92. The molecule has 3 nitrogen and oxygen atoms in total. The smallest absolute Gasteiger partial charge is 0.290 e. The van der Waals surface area contributed by atoms with E-state index in [2.05, 4.69) is 13.8 Å². The highest BCUT2D eigenvalue weighted by Crippen LogP contribution is 2.43. The minimum Gasteiger partial charge on any atom is -0.335 e. The molecule has 0 aromatic carbocycles. The van der Waals surface area contributed by atoms with Gasteiger partial charge in [-0.05, 0) is 24.2 Å². The van der Waals surface area contributed by atoms with Gasteiger partial charge in [0.05, 0.1) is 0 Å². The molecule has 84 valence electrons. The number of hydrogen-bond acceptors (Lipinski definition) is 2. The lowest BCUT2D eigenvalue weighted by Crippen LogP contribution is -2.36. The van der Waals surface area contributed by atoms with Crippen molar-refractivity contribution < 1.29 is 9.59 Å². The Morgan fingerprint density at radius 3 is 2.60 bits per heavy atom. The van der Waals surface area contributed by atoms with Crippen molar-refractivity contribution in [2.45, 2.75) is 39.5 Å². The van der Waals surface area contributed by atoms with E-state index in [1.165, 1.54) is 19.3 Å². The highest BCUT2D eigenvalue weighted by atomic mass is 16.2. The maximum absolute atomic E-state index is 11.5. The molecule has 3 heteroatoms. The van der Waals surface area contributed by atoms with Crippen LogP contribution in [0.15, 0.2) is 0 Å². The van der Waals surface area contributed by atoms with Crippen LogP contribution < -0.4 is 0 Å². The number of likely N-dealkylation sites (tertiary alicyclic amines) is 1. The van der Waals surface area contributed by atoms with E-state index in [4.69, 9.17) is 0 Å². The second-order valence-electron chi connectivity index (χ2n) is 5.50. The van der Waals surface area contributed by atoms with E-state index < -0.39 is 0 Å². The van der Waals surface area contributed by atoms with E-state index in [1.807, 2.05) is 0 Å². The van der Waals surface area contributed by atoms with Gasteiger partial charge in [-0.1, -0.05) is 20.3 Å². The van der Waals surface area contributed by atoms with E-state index >= 15 is 0 Å². The Labute approximate surface area is 90.8 Å². The van der Waals surface area contributed by atoms with Crippen molar-refractivity contribution in [3.05, 3.63) is 0 Å². The van der Waals surface area contributed by atoms with Crippen LogP contribution in [0.25, 0.3) is 0 Å². The van der Waals surface area contributed by atoms with Gasteiger partial charge in [0.1, 0.15) is 0 Å². The number of Topliss-reactive ketones (excluding diaryl/α,β-unsaturated/α-hetero) is 1. The third-order valence-electron chi connectivity index (χ3n) is 4.05. The third-order valence-corrected chi connectivity index (χ3v) is 4.05. The lowest BCUT2D eigenvalue weighted by atomic mass is 9.81. The summed E-state index contributed by atoms with van der Waals surface area (Å²) in [5, 5.41) is 0. The fraction of sp³-hybridized carbons (Fsp3) is 0.833. The van der Waals surface area contributed by atoms with Gasteiger partial charge in [0.25, 0.3) is 5.91 Å². The number of carbonyl (C=O) groups is 2. The second kappa shape index (κ2) is 3.62. The molecule has 0 N–H and O–H groups in total. The summed E-state index contributed by atoms with van der Waals surface area (Å²) in [7, 11) is 0. The van der Waals surface area contributed by atoms with Gasteiger partial charge in [-0.15, -0.1) is 0 Å². The molecule has 1 heterocycles. The summed E-state index contributed by atoms with van der Waals surface area (Å²) >= 11 is 0. The van der Waals surface area contributed by atoms with Gasteiger partial charge in [0, 0.05) is 19.5 Å². The van der Waals surface area contributed by atoms with Gasteiger partial charge >= 0.3 is 0 Å². The van der Waals surface area contributed by atoms with Crippen molar-refractivity contribution in [3.63, 3.8) is 0 Å². The molecule has 1 aliphatic heterocycles. The molecule has 0 spiro atoms. The van der Waals surface area contributed by atoms with Gasteiger partial charge in [0.15, 0.2) is 0 Å². The van der Waals surface area contributed by atoms with E-state index in [9.17, 15) is 9.59 Å². The zero-order chi connectivity index (χ0) is 11.1. The fourth-order valence-corrected chi connectivity index (χ4v) is 2.80. The molecule has 1 atom stereocenters. The number of rotatable bonds is 2. The molecule has 2 fully saturated rings. The lowest BCUT2D eigenvalue weighted by Gasteiger charge is -2.30. The summed E-state index contributed by atoms with van der Waals surface area (Å²) in [6.07, 6.45) is 4.12. The molecular formula is C12H19NO2. The zero-order valence-electron chi connectivity index (χ0n) is 9.58. The predicted molar refractivity (Wildman–Crippen MR) is 57.3 cm³/mol. The summed E-state index contributed by atoms with van der Waals surface area (Å²) in [6, 6.07) is 0. The molecule has 1 saturated carbocycles. The van der Waals surface area contributed by atoms with Gasteiger partial charge in [-0.25, -0.2) is 0 Å². The highest BCUT2D eigenvalue weighted by Gasteiger charge is 2.38. The molecular weight excluding hydrogens is 190 g/mol. The summed E-state index contributed by atoms with van der Waals surface area (Å²) in [5.74, 6) is 0.121. The zero-order valence-corrected chi connectivity index (χ0v) is 9.58. The Morgan fingerprint density at radius 1 is 1.40 bits per heavy atom. The highest BCUT2D eigenvalue weighted by molar-refractivity contribution is 6.37. The summed E-state index contributed by atoms with van der Waals surface area (Å²) < 4.78 is 0. The summed E-state index contributed by atoms with van der Waals surface area (Å²) in [4.78, 5) is 24.4. The number of amides is 1. The number of hydrogen-bond donors (Lipinski definition) is 0. The van der Waals surface area contributed by atoms with Crippen molar-refractivity contribution in [3.8, 4) is 0 Å². The van der Waals surface area contributed by atoms with Crippen LogP contribution in [0.5, 0.6) is 0 Å². The van der Waals surface area contributed by atoms with Crippen LogP contribution in [-0.4, -0.2) is 29.7 Å². The number of carbonyl (C=O) groups excluding carboxylic acids is 2. The molecule has 2 rings (SSSR count). The molecule has 1 saturated heterocycles. The summed E-state index contributed by atoms with van der Waals surface area (Å²) in [5.41, 5.74) is 0.339. The van der Waals surface area contributed by atoms with Crippen molar-refractivity contribution in [1.29, 1.82) is 0 Å². The first-order valence-corrected chi connectivity index (χ1v) is 5.83. The Hall–Kier alpha value is -0.860. The maximum atomic E-state index is 11.5. The van der Waals surface area contributed by atoms with Crippen molar-refractivity contribution in [1.82, 2.24) is 4.90 Å². The SMILES string of the molecule is CC1(C)CCCC1CN1CCC(=O)C1=O. The molecule has 15 heavy (non-hydrogen) atoms. The molecule has 0 aromatic heterocycles.